The summed E-state index contributed by atoms with van der Waals surface area (Å²) in [4.78, 5) is 0. The van der Waals surface area contributed by atoms with Crippen molar-refractivity contribution < 1.29 is 8.78 Å². The van der Waals surface area contributed by atoms with Crippen molar-refractivity contribution >= 4 is 0 Å². The molecule has 1 nitrogen and oxygen atoms in total. The van der Waals surface area contributed by atoms with Gasteiger partial charge < -0.3 is 5.73 Å². The number of benzene rings is 2. The van der Waals surface area contributed by atoms with Gasteiger partial charge in [-0.3, -0.25) is 0 Å². The van der Waals surface area contributed by atoms with Gasteiger partial charge in [0.05, 0.1) is 0 Å². The molecule has 0 aliphatic rings. The maximum atomic E-state index is 12.9. The third-order valence-corrected chi connectivity index (χ3v) is 2.98. The van der Waals surface area contributed by atoms with Crippen LogP contribution in [0.1, 0.15) is 24.0 Å². The maximum Gasteiger partial charge on any atom is 0.123 e. The van der Waals surface area contributed by atoms with Gasteiger partial charge in [0, 0.05) is 12.0 Å². The summed E-state index contributed by atoms with van der Waals surface area (Å²) in [7, 11) is 0. The van der Waals surface area contributed by atoms with Crippen LogP contribution in [0.15, 0.2) is 48.5 Å². The number of rotatable bonds is 3. The average molecular weight is 247 g/mol. The Hall–Kier alpha value is -1.74. The van der Waals surface area contributed by atoms with Crippen LogP contribution in [-0.4, -0.2) is 6.04 Å². The molecule has 0 bridgehead atoms. The molecular formula is C15H15F2N. The lowest BCUT2D eigenvalue weighted by Crippen LogP contribution is -2.25. The lowest BCUT2D eigenvalue weighted by atomic mass is 9.86. The van der Waals surface area contributed by atoms with Crippen molar-refractivity contribution in [2.24, 2.45) is 5.73 Å². The van der Waals surface area contributed by atoms with Gasteiger partial charge in [-0.2, -0.15) is 0 Å². The van der Waals surface area contributed by atoms with E-state index in [0.29, 0.717) is 0 Å². The second-order valence-corrected chi connectivity index (χ2v) is 4.44. The van der Waals surface area contributed by atoms with Crippen molar-refractivity contribution in [3.63, 3.8) is 0 Å². The van der Waals surface area contributed by atoms with Crippen molar-refractivity contribution in [1.29, 1.82) is 0 Å². The minimum Gasteiger partial charge on any atom is -0.327 e. The minimum absolute atomic E-state index is 0.0637. The molecule has 18 heavy (non-hydrogen) atoms. The maximum absolute atomic E-state index is 12.9. The SMILES string of the molecule is C[C@H](N)C(c1ccc(F)cc1)c1ccc(F)cc1. The zero-order valence-electron chi connectivity index (χ0n) is 10.1. The normalized spacial score (nSPS) is 12.7. The van der Waals surface area contributed by atoms with E-state index in [1.807, 2.05) is 6.92 Å². The van der Waals surface area contributed by atoms with E-state index in [1.54, 1.807) is 24.3 Å². The summed E-state index contributed by atoms with van der Waals surface area (Å²) in [5.74, 6) is -0.617. The highest BCUT2D eigenvalue weighted by Gasteiger charge is 2.18. The van der Waals surface area contributed by atoms with Crippen LogP contribution in [0.4, 0.5) is 8.78 Å². The van der Waals surface area contributed by atoms with E-state index in [2.05, 4.69) is 0 Å². The third kappa shape index (κ3) is 2.74. The molecule has 1 atom stereocenters. The number of hydrogen-bond donors (Lipinski definition) is 1. The second kappa shape index (κ2) is 5.27. The minimum atomic E-state index is -0.277. The Morgan fingerprint density at radius 3 is 1.39 bits per heavy atom. The van der Waals surface area contributed by atoms with Crippen molar-refractivity contribution in [1.82, 2.24) is 0 Å². The van der Waals surface area contributed by atoms with Crippen LogP contribution in [-0.2, 0) is 0 Å². The molecule has 3 heteroatoms. The van der Waals surface area contributed by atoms with Crippen molar-refractivity contribution in [2.75, 3.05) is 0 Å². The fraction of sp³-hybridized carbons (Fsp3) is 0.200. The number of hydrogen-bond acceptors (Lipinski definition) is 1. The molecule has 0 unspecified atom stereocenters. The average Bonchev–Trinajstić information content (AvgIpc) is 2.34. The van der Waals surface area contributed by atoms with E-state index in [0.717, 1.165) is 11.1 Å². The summed E-state index contributed by atoms with van der Waals surface area (Å²) in [6, 6.07) is 12.4. The highest BCUT2D eigenvalue weighted by Crippen LogP contribution is 2.27. The van der Waals surface area contributed by atoms with Gasteiger partial charge in [0.1, 0.15) is 11.6 Å². The Labute approximate surface area is 105 Å². The summed E-state index contributed by atoms with van der Waals surface area (Å²) in [5, 5.41) is 0. The predicted octanol–water partition coefficient (Wildman–Crippen LogP) is 3.44. The lowest BCUT2D eigenvalue weighted by Gasteiger charge is -2.22. The molecule has 0 fully saturated rings. The van der Waals surface area contributed by atoms with Gasteiger partial charge in [-0.05, 0) is 42.3 Å². The largest absolute Gasteiger partial charge is 0.327 e. The van der Waals surface area contributed by atoms with Gasteiger partial charge in [-0.25, -0.2) is 8.78 Å². The topological polar surface area (TPSA) is 26.0 Å². The van der Waals surface area contributed by atoms with Gasteiger partial charge in [-0.1, -0.05) is 24.3 Å². The van der Waals surface area contributed by atoms with Crippen molar-refractivity contribution in [3.05, 3.63) is 71.3 Å². The molecule has 0 aromatic heterocycles. The Morgan fingerprint density at radius 2 is 1.11 bits per heavy atom. The molecule has 0 aliphatic carbocycles. The van der Waals surface area contributed by atoms with Crippen molar-refractivity contribution in [3.8, 4) is 0 Å². The van der Waals surface area contributed by atoms with E-state index in [4.69, 9.17) is 5.73 Å². The number of nitrogens with two attached hydrogens (primary N) is 1. The molecule has 2 rings (SSSR count). The molecule has 0 heterocycles. The molecule has 94 valence electrons. The van der Waals surface area contributed by atoms with Crippen LogP contribution < -0.4 is 5.73 Å². The fourth-order valence-electron chi connectivity index (χ4n) is 2.14. The third-order valence-electron chi connectivity index (χ3n) is 2.98. The monoisotopic (exact) mass is 247 g/mol. The summed E-state index contributed by atoms with van der Waals surface area (Å²) in [6.07, 6.45) is 0. The summed E-state index contributed by atoms with van der Waals surface area (Å²) < 4.78 is 25.9. The van der Waals surface area contributed by atoms with E-state index in [9.17, 15) is 8.78 Å². The first-order valence-electron chi connectivity index (χ1n) is 5.84. The van der Waals surface area contributed by atoms with Gasteiger partial charge in [0.2, 0.25) is 0 Å². The zero-order chi connectivity index (χ0) is 13.1. The molecule has 0 spiro atoms. The van der Waals surface area contributed by atoms with Crippen LogP contribution in [0.3, 0.4) is 0 Å². The molecule has 2 aromatic rings. The summed E-state index contributed by atoms with van der Waals surface area (Å²) in [5.41, 5.74) is 7.85. The Morgan fingerprint density at radius 1 is 0.778 bits per heavy atom. The van der Waals surface area contributed by atoms with E-state index >= 15 is 0 Å². The number of halogens is 2. The highest BCUT2D eigenvalue weighted by atomic mass is 19.1. The van der Waals surface area contributed by atoms with Crippen LogP contribution in [0.2, 0.25) is 0 Å². The standard InChI is InChI=1S/C15H15F2N/c1-10(18)15(11-2-6-13(16)7-3-11)12-4-8-14(17)9-5-12/h2-10,15H,18H2,1H3/t10-/m0/s1. The zero-order valence-corrected chi connectivity index (χ0v) is 10.1. The summed E-state index contributed by atoms with van der Waals surface area (Å²) in [6.45, 7) is 1.89. The summed E-state index contributed by atoms with van der Waals surface area (Å²) >= 11 is 0. The van der Waals surface area contributed by atoms with Crippen LogP contribution in [0, 0.1) is 11.6 Å². The van der Waals surface area contributed by atoms with Gasteiger partial charge in [0.25, 0.3) is 0 Å². The molecule has 0 amide bonds. The van der Waals surface area contributed by atoms with Crippen LogP contribution >= 0.6 is 0 Å². The first-order chi connectivity index (χ1) is 8.58. The molecule has 0 aliphatic heterocycles. The molecule has 0 saturated heterocycles. The lowest BCUT2D eigenvalue weighted by molar-refractivity contribution is 0.613. The molecular weight excluding hydrogens is 232 g/mol. The van der Waals surface area contributed by atoms with Crippen molar-refractivity contribution in [2.45, 2.75) is 18.9 Å². The quantitative estimate of drug-likeness (QED) is 0.883. The predicted molar refractivity (Wildman–Crippen MR) is 68.3 cm³/mol. The molecule has 0 radical (unpaired) electrons. The molecule has 2 N–H and O–H groups in total. The van der Waals surface area contributed by atoms with Crippen LogP contribution in [0.25, 0.3) is 0 Å². The van der Waals surface area contributed by atoms with E-state index < -0.39 is 0 Å². The highest BCUT2D eigenvalue weighted by molar-refractivity contribution is 5.34. The molecule has 0 saturated carbocycles. The second-order valence-electron chi connectivity index (χ2n) is 4.44. The smallest absolute Gasteiger partial charge is 0.123 e. The van der Waals surface area contributed by atoms with E-state index in [-0.39, 0.29) is 23.6 Å². The van der Waals surface area contributed by atoms with Gasteiger partial charge in [0.15, 0.2) is 0 Å². The fourth-order valence-corrected chi connectivity index (χ4v) is 2.14. The van der Waals surface area contributed by atoms with E-state index in [1.165, 1.54) is 24.3 Å². The van der Waals surface area contributed by atoms with Crippen LogP contribution in [0.5, 0.6) is 0 Å². The van der Waals surface area contributed by atoms with Gasteiger partial charge >= 0.3 is 0 Å². The molecule has 2 aromatic carbocycles. The first-order valence-corrected chi connectivity index (χ1v) is 5.84. The Balaban J connectivity index is 2.39. The Bertz CT molecular complexity index is 458. The first kappa shape index (κ1) is 12.7. The van der Waals surface area contributed by atoms with Gasteiger partial charge in [-0.15, -0.1) is 0 Å². The Kier molecular flexibility index (Phi) is 3.72.